The van der Waals surface area contributed by atoms with Gasteiger partial charge in [0, 0.05) is 75.5 Å². The van der Waals surface area contributed by atoms with Crippen molar-refractivity contribution in [2.45, 2.75) is 82.7 Å². The molecule has 0 unspecified atom stereocenters. The summed E-state index contributed by atoms with van der Waals surface area (Å²) in [6.07, 6.45) is 10.8. The second kappa shape index (κ2) is 29.4. The van der Waals surface area contributed by atoms with Crippen LogP contribution in [0.15, 0.2) is 60.7 Å². The van der Waals surface area contributed by atoms with Gasteiger partial charge in [0.1, 0.15) is 12.1 Å². The maximum atomic E-state index is 12.8. The molecule has 78 heavy (non-hydrogen) atoms. The molecule has 17 heteroatoms. The lowest BCUT2D eigenvalue weighted by Gasteiger charge is -2.46. The topological polar surface area (TPSA) is 154 Å². The zero-order chi connectivity index (χ0) is 56.2. The molecule has 2 aliphatic rings. The molecule has 0 aliphatic carbocycles. The van der Waals surface area contributed by atoms with Crippen LogP contribution in [-0.4, -0.2) is 159 Å². The number of esters is 2. The molecule has 0 spiro atoms. The summed E-state index contributed by atoms with van der Waals surface area (Å²) in [4.78, 5) is 25.3. The molecule has 0 fully saturated rings. The molecule has 0 N–H and O–H groups in total. The van der Waals surface area contributed by atoms with E-state index in [4.69, 9.17) is 61.6 Å². The van der Waals surface area contributed by atoms with Crippen molar-refractivity contribution in [1.82, 2.24) is 0 Å². The molecule has 0 amide bonds. The van der Waals surface area contributed by atoms with Gasteiger partial charge in [-0.2, -0.15) is 0 Å². The molecule has 0 saturated carbocycles. The normalized spacial score (nSPS) is 18.5. The average Bonchev–Trinajstić information content (AvgIpc) is 3.46. The van der Waals surface area contributed by atoms with Gasteiger partial charge in [0.05, 0.1) is 131 Å². The van der Waals surface area contributed by atoms with Crippen LogP contribution in [0.2, 0.25) is 0 Å². The largest absolute Gasteiger partial charge is 0.493 e. The number of carbonyl (C=O) groups is 2. The third-order valence-corrected chi connectivity index (χ3v) is 15.5. The van der Waals surface area contributed by atoms with Crippen LogP contribution in [0.1, 0.15) is 90.4 Å². The Labute approximate surface area is 462 Å². The summed E-state index contributed by atoms with van der Waals surface area (Å²) in [7, 11) is 21.0. The second-order valence-corrected chi connectivity index (χ2v) is 20.3. The number of allylic oxidation sites excluding steroid dienone is 2. The van der Waals surface area contributed by atoms with Crippen LogP contribution < -0.4 is 47.4 Å². The van der Waals surface area contributed by atoms with Crippen LogP contribution in [-0.2, 0) is 49.5 Å². The number of fused-ring (bicyclic) bond motifs is 2. The van der Waals surface area contributed by atoms with Crippen LogP contribution >= 0.6 is 0 Å². The maximum Gasteiger partial charge on any atom is 0.306 e. The number of carbonyl (C=O) groups excluding carboxylic acids is 2. The van der Waals surface area contributed by atoms with Gasteiger partial charge in [-0.15, -0.1) is 0 Å². The fourth-order valence-electron chi connectivity index (χ4n) is 11.2. The number of ether oxygens (including phenoxy) is 13. The van der Waals surface area contributed by atoms with E-state index in [2.05, 4.69) is 38.4 Å². The number of nitrogens with zero attached hydrogens (tertiary/aromatic N) is 2. The van der Waals surface area contributed by atoms with Crippen LogP contribution in [0.5, 0.6) is 57.5 Å². The fourth-order valence-corrected chi connectivity index (χ4v) is 11.2. The smallest absolute Gasteiger partial charge is 0.306 e. The molecule has 0 saturated heterocycles. The fraction of sp³-hybridized carbons (Fsp3) is 0.541. The van der Waals surface area contributed by atoms with Crippen LogP contribution in [0, 0.1) is 0 Å². The highest BCUT2D eigenvalue weighted by molar-refractivity contribution is 5.70. The molecule has 0 aromatic heterocycles. The first-order chi connectivity index (χ1) is 37.7. The van der Waals surface area contributed by atoms with Gasteiger partial charge in [0.2, 0.25) is 11.5 Å². The van der Waals surface area contributed by atoms with Crippen molar-refractivity contribution in [2.24, 2.45) is 0 Å². The van der Waals surface area contributed by atoms with Gasteiger partial charge in [0.15, 0.2) is 46.0 Å². The monoisotopic (exact) mass is 1090 g/mol. The van der Waals surface area contributed by atoms with E-state index in [9.17, 15) is 9.59 Å². The predicted molar refractivity (Wildman–Crippen MR) is 298 cm³/mol. The molecule has 4 atom stereocenters. The van der Waals surface area contributed by atoms with E-state index in [-0.39, 0.29) is 36.9 Å². The zero-order valence-electron chi connectivity index (χ0n) is 48.4. The van der Waals surface area contributed by atoms with Crippen molar-refractivity contribution >= 4 is 11.9 Å². The highest BCUT2D eigenvalue weighted by Gasteiger charge is 2.42. The number of quaternary nitrogens is 2. The highest BCUT2D eigenvalue weighted by Crippen LogP contribution is 2.47. The first-order valence-electron chi connectivity index (χ1n) is 27.1. The van der Waals surface area contributed by atoms with Crippen LogP contribution in [0.4, 0.5) is 0 Å². The number of benzene rings is 4. The molecule has 0 bridgehead atoms. The minimum atomic E-state index is -0.257. The Morgan fingerprint density at radius 3 is 1.17 bits per heavy atom. The maximum absolute atomic E-state index is 12.8. The van der Waals surface area contributed by atoms with Gasteiger partial charge >= 0.3 is 11.9 Å². The van der Waals surface area contributed by atoms with E-state index in [1.807, 2.05) is 36.4 Å². The van der Waals surface area contributed by atoms with Gasteiger partial charge in [0.25, 0.3) is 0 Å². The van der Waals surface area contributed by atoms with E-state index in [1.165, 1.54) is 22.3 Å². The zero-order valence-corrected chi connectivity index (χ0v) is 48.4. The van der Waals surface area contributed by atoms with E-state index in [0.717, 1.165) is 77.7 Å². The standard InChI is InChI=1S/C61H86N2O15/c1-62(26-22-44-38-50(66-3)52(68-5)40-46(44)48(62)32-42-34-54(70-7)60(74-11)55(35-42)71-8)24-17-28-76-29-19-31-78-59(65)21-16-14-13-15-20-58(64)77-30-18-25-63(2)27-23-45-39-51(67-4)53(69-6)41-47(45)49(63)33-43-36-56(72-9)61(75-12)57(37-43)73-10/h13-14,34-41,48-49H,15-33H2,1-12H3/q+2/b14-13+/t48-,49-,62+,63-/m1/s1. The molecule has 2 aliphatic heterocycles. The lowest BCUT2D eigenvalue weighted by atomic mass is 9.86. The molecule has 428 valence electrons. The Morgan fingerprint density at radius 1 is 0.449 bits per heavy atom. The summed E-state index contributed by atoms with van der Waals surface area (Å²) in [6, 6.07) is 16.7. The first-order valence-corrected chi connectivity index (χ1v) is 27.1. The third-order valence-electron chi connectivity index (χ3n) is 15.5. The Bertz CT molecular complexity index is 2590. The van der Waals surface area contributed by atoms with Gasteiger partial charge < -0.3 is 70.5 Å². The minimum absolute atomic E-state index is 0.0574. The van der Waals surface area contributed by atoms with Crippen molar-refractivity contribution in [1.29, 1.82) is 0 Å². The minimum Gasteiger partial charge on any atom is -0.493 e. The van der Waals surface area contributed by atoms with Crippen LogP contribution in [0.25, 0.3) is 0 Å². The van der Waals surface area contributed by atoms with Crippen LogP contribution in [0.3, 0.4) is 0 Å². The quantitative estimate of drug-likeness (QED) is 0.0197. The van der Waals surface area contributed by atoms with Gasteiger partial charge in [-0.3, -0.25) is 9.59 Å². The van der Waals surface area contributed by atoms with Gasteiger partial charge in [-0.05, 0) is 83.6 Å². The van der Waals surface area contributed by atoms with Crippen molar-refractivity contribution in [3.63, 3.8) is 0 Å². The Kier molecular flexibility index (Phi) is 22.9. The van der Waals surface area contributed by atoms with Crippen molar-refractivity contribution < 1.29 is 80.1 Å². The summed E-state index contributed by atoms with van der Waals surface area (Å²) in [5, 5.41) is 0. The molecule has 0 radical (unpaired) electrons. The lowest BCUT2D eigenvalue weighted by molar-refractivity contribution is -0.941. The molecule has 6 rings (SSSR count). The number of methoxy groups -OCH3 is 10. The Morgan fingerprint density at radius 2 is 0.795 bits per heavy atom. The van der Waals surface area contributed by atoms with Gasteiger partial charge in [-0.1, -0.05) is 12.2 Å². The van der Waals surface area contributed by atoms with Crippen molar-refractivity contribution in [2.75, 3.05) is 138 Å². The molecular weight excluding hydrogens is 1000 g/mol. The molecular formula is C61H86N2O15+2. The summed E-state index contributed by atoms with van der Waals surface area (Å²) >= 11 is 0. The predicted octanol–water partition coefficient (Wildman–Crippen LogP) is 9.44. The summed E-state index contributed by atoms with van der Waals surface area (Å²) in [5.41, 5.74) is 7.03. The summed E-state index contributed by atoms with van der Waals surface area (Å²) in [5.74, 6) is 5.90. The number of hydrogen-bond acceptors (Lipinski definition) is 15. The summed E-state index contributed by atoms with van der Waals surface area (Å²) in [6.45, 7) is 5.25. The van der Waals surface area contributed by atoms with Gasteiger partial charge in [-0.25, -0.2) is 0 Å². The number of rotatable bonds is 32. The van der Waals surface area contributed by atoms with Crippen molar-refractivity contribution in [3.8, 4) is 57.5 Å². The molecule has 17 nitrogen and oxygen atoms in total. The molecule has 4 aromatic rings. The lowest BCUT2D eigenvalue weighted by Crippen LogP contribution is -2.52. The average molecular weight is 1090 g/mol. The SMILES string of the molecule is COc1cc2c(cc1OC)[C@@H](Cc1cc(OC)c(OC)c(OC)c1)[N@@+](C)(CCCOCCCOC(=O)CC/C=C/CCC(=O)OCCC[N@+]1(C)CCc3cc(OC)c(OC)cc3[C@H]1Cc1cc(OC)c(OC)c(OC)c1)CC2. The summed E-state index contributed by atoms with van der Waals surface area (Å²) < 4.78 is 75.7. The first kappa shape index (κ1) is 60.7. The highest BCUT2D eigenvalue weighted by atomic mass is 16.6. The van der Waals surface area contributed by atoms with Crippen molar-refractivity contribution in [3.05, 3.63) is 94.1 Å². The second-order valence-electron chi connectivity index (χ2n) is 20.3. The number of hydrogen-bond donors (Lipinski definition) is 0. The molecule has 2 heterocycles. The number of likely N-dealkylation sites (N-methyl/N-ethyl adjacent to an activating group) is 2. The molecule has 4 aromatic carbocycles. The van der Waals surface area contributed by atoms with E-state index in [1.54, 1.807) is 71.1 Å². The third kappa shape index (κ3) is 15.2. The van der Waals surface area contributed by atoms with E-state index in [0.29, 0.717) is 110 Å². The Balaban J connectivity index is 0.893. The van der Waals surface area contributed by atoms with E-state index >= 15 is 0 Å². The Hall–Kier alpha value is -6.56. The van der Waals surface area contributed by atoms with E-state index < -0.39 is 0 Å².